The first kappa shape index (κ1) is 17.2. The fraction of sp³-hybridized carbons (Fsp3) is 0.222. The molecule has 0 atom stereocenters. The van der Waals surface area contributed by atoms with E-state index in [0.717, 1.165) is 5.39 Å². The molecule has 1 aliphatic rings. The minimum absolute atomic E-state index is 0.0870. The van der Waals surface area contributed by atoms with Crippen LogP contribution in [0.2, 0.25) is 0 Å². The number of carbonyl (C=O) groups is 1. The molecule has 3 aromatic rings. The SMILES string of the molecule is Cc1cc(NC(=O)CSc2nc3cc4c(cc3cc2C#N)OCCO4)no1. The Labute approximate surface area is 158 Å². The average molecular weight is 382 g/mol. The quantitative estimate of drug-likeness (QED) is 0.686. The van der Waals surface area contributed by atoms with E-state index in [1.165, 1.54) is 11.8 Å². The van der Waals surface area contributed by atoms with Crippen LogP contribution in [0.5, 0.6) is 11.5 Å². The molecule has 27 heavy (non-hydrogen) atoms. The van der Waals surface area contributed by atoms with E-state index in [2.05, 4.69) is 21.5 Å². The third-order valence-electron chi connectivity index (χ3n) is 3.80. The van der Waals surface area contributed by atoms with Gasteiger partial charge >= 0.3 is 0 Å². The molecule has 1 amide bonds. The molecule has 0 radical (unpaired) electrons. The normalized spacial score (nSPS) is 12.6. The number of thioether (sulfide) groups is 1. The lowest BCUT2D eigenvalue weighted by Crippen LogP contribution is -2.15. The number of ether oxygens (including phenoxy) is 2. The van der Waals surface area contributed by atoms with Gasteiger partial charge in [0.15, 0.2) is 17.3 Å². The fourth-order valence-electron chi connectivity index (χ4n) is 2.62. The number of amides is 1. The molecular formula is C18H14N4O4S. The minimum Gasteiger partial charge on any atom is -0.486 e. The molecule has 0 unspecified atom stereocenters. The van der Waals surface area contributed by atoms with Crippen LogP contribution >= 0.6 is 11.8 Å². The maximum atomic E-state index is 12.1. The minimum atomic E-state index is -0.263. The Balaban J connectivity index is 1.55. The predicted octanol–water partition coefficient (Wildman–Crippen LogP) is 2.90. The molecule has 8 nitrogen and oxygen atoms in total. The van der Waals surface area contributed by atoms with Crippen molar-refractivity contribution >= 4 is 34.4 Å². The summed E-state index contributed by atoms with van der Waals surface area (Å²) in [7, 11) is 0. The first-order chi connectivity index (χ1) is 13.1. The highest BCUT2D eigenvalue weighted by Crippen LogP contribution is 2.35. The molecule has 1 aliphatic heterocycles. The van der Waals surface area contributed by atoms with E-state index in [4.69, 9.17) is 14.0 Å². The molecule has 0 fully saturated rings. The predicted molar refractivity (Wildman–Crippen MR) is 98.0 cm³/mol. The van der Waals surface area contributed by atoms with Gasteiger partial charge in [-0.05, 0) is 19.1 Å². The van der Waals surface area contributed by atoms with Gasteiger partial charge in [-0.2, -0.15) is 5.26 Å². The molecule has 9 heteroatoms. The maximum absolute atomic E-state index is 12.1. The molecule has 0 saturated heterocycles. The zero-order valence-corrected chi connectivity index (χ0v) is 15.1. The highest BCUT2D eigenvalue weighted by molar-refractivity contribution is 8.00. The number of benzene rings is 1. The van der Waals surface area contributed by atoms with E-state index in [9.17, 15) is 10.1 Å². The third-order valence-corrected chi connectivity index (χ3v) is 4.79. The van der Waals surface area contributed by atoms with Crippen molar-refractivity contribution in [1.82, 2.24) is 10.1 Å². The van der Waals surface area contributed by atoms with E-state index < -0.39 is 0 Å². The van der Waals surface area contributed by atoms with Crippen LogP contribution in [0, 0.1) is 18.3 Å². The van der Waals surface area contributed by atoms with Crippen molar-refractivity contribution in [1.29, 1.82) is 5.26 Å². The average Bonchev–Trinajstić information content (AvgIpc) is 3.08. The Morgan fingerprint density at radius 1 is 1.26 bits per heavy atom. The van der Waals surface area contributed by atoms with Gasteiger partial charge in [-0.1, -0.05) is 16.9 Å². The van der Waals surface area contributed by atoms with E-state index in [1.54, 1.807) is 25.1 Å². The van der Waals surface area contributed by atoms with Gasteiger partial charge in [-0.3, -0.25) is 4.79 Å². The Bertz CT molecular complexity index is 1070. The lowest BCUT2D eigenvalue weighted by molar-refractivity contribution is -0.113. The second-order valence-corrected chi connectivity index (χ2v) is 6.77. The van der Waals surface area contributed by atoms with Crippen LogP contribution in [0.25, 0.3) is 10.9 Å². The highest BCUT2D eigenvalue weighted by Gasteiger charge is 2.16. The van der Waals surface area contributed by atoms with Crippen LogP contribution in [0.3, 0.4) is 0 Å². The Morgan fingerprint density at radius 3 is 2.74 bits per heavy atom. The first-order valence-corrected chi connectivity index (χ1v) is 9.11. The van der Waals surface area contributed by atoms with Crippen molar-refractivity contribution < 1.29 is 18.8 Å². The highest BCUT2D eigenvalue weighted by atomic mass is 32.2. The smallest absolute Gasteiger partial charge is 0.236 e. The van der Waals surface area contributed by atoms with Crippen molar-refractivity contribution in [2.45, 2.75) is 11.9 Å². The van der Waals surface area contributed by atoms with Gasteiger partial charge in [0.1, 0.15) is 30.1 Å². The number of anilines is 1. The fourth-order valence-corrected chi connectivity index (χ4v) is 3.38. The van der Waals surface area contributed by atoms with Crippen molar-refractivity contribution in [2.75, 3.05) is 24.3 Å². The molecule has 4 rings (SSSR count). The Kier molecular flexibility index (Phi) is 4.56. The molecule has 3 heterocycles. The molecule has 136 valence electrons. The number of nitriles is 1. The molecule has 2 aromatic heterocycles. The van der Waals surface area contributed by atoms with E-state index in [1.807, 2.05) is 6.07 Å². The number of fused-ring (bicyclic) bond motifs is 2. The summed E-state index contributed by atoms with van der Waals surface area (Å²) in [6, 6.07) is 9.09. The number of carbonyl (C=O) groups excluding carboxylic acids is 1. The summed E-state index contributed by atoms with van der Waals surface area (Å²) < 4.78 is 16.1. The van der Waals surface area contributed by atoms with Crippen LogP contribution in [0.4, 0.5) is 5.82 Å². The maximum Gasteiger partial charge on any atom is 0.236 e. The van der Waals surface area contributed by atoms with Crippen LogP contribution < -0.4 is 14.8 Å². The van der Waals surface area contributed by atoms with Gasteiger partial charge in [-0.25, -0.2) is 4.98 Å². The lowest BCUT2D eigenvalue weighted by atomic mass is 10.1. The lowest BCUT2D eigenvalue weighted by Gasteiger charge is -2.18. The number of hydrogen-bond acceptors (Lipinski definition) is 8. The summed E-state index contributed by atoms with van der Waals surface area (Å²) in [5, 5.41) is 17.1. The topological polar surface area (TPSA) is 110 Å². The number of nitrogens with one attached hydrogen (secondary N) is 1. The van der Waals surface area contributed by atoms with E-state index in [0.29, 0.717) is 52.4 Å². The number of aryl methyl sites for hydroxylation is 1. The number of hydrogen-bond donors (Lipinski definition) is 1. The summed E-state index contributed by atoms with van der Waals surface area (Å²) in [6.07, 6.45) is 0. The van der Waals surface area contributed by atoms with E-state index in [-0.39, 0.29) is 11.7 Å². The van der Waals surface area contributed by atoms with Gasteiger partial charge < -0.3 is 19.3 Å². The van der Waals surface area contributed by atoms with Crippen molar-refractivity contribution in [3.8, 4) is 17.6 Å². The number of rotatable bonds is 4. The number of nitrogens with zero attached hydrogens (tertiary/aromatic N) is 3. The molecule has 0 aliphatic carbocycles. The summed E-state index contributed by atoms with van der Waals surface area (Å²) in [4.78, 5) is 16.6. The zero-order chi connectivity index (χ0) is 18.8. The molecule has 0 saturated carbocycles. The summed E-state index contributed by atoms with van der Waals surface area (Å²) in [5.74, 6) is 2.05. The van der Waals surface area contributed by atoms with Crippen molar-refractivity contribution in [3.05, 3.63) is 35.6 Å². The third kappa shape index (κ3) is 3.66. The molecule has 0 bridgehead atoms. The van der Waals surface area contributed by atoms with Gasteiger partial charge in [0.25, 0.3) is 0 Å². The summed E-state index contributed by atoms with van der Waals surface area (Å²) in [5.41, 5.74) is 1.07. The van der Waals surface area contributed by atoms with Gasteiger partial charge in [-0.15, -0.1) is 0 Å². The van der Waals surface area contributed by atoms with Gasteiger partial charge in [0, 0.05) is 17.5 Å². The second-order valence-electron chi connectivity index (χ2n) is 5.80. The molecule has 1 N–H and O–H groups in total. The summed E-state index contributed by atoms with van der Waals surface area (Å²) in [6.45, 7) is 2.71. The second kappa shape index (κ2) is 7.17. The standard InChI is InChI=1S/C18H14N4O4S/c1-10-4-16(22-26-10)21-17(23)9-27-18-12(8-19)5-11-6-14-15(7-13(11)20-18)25-3-2-24-14/h4-7H,2-3,9H2,1H3,(H,21,22,23). The Hall–Kier alpha value is -3.25. The molecular weight excluding hydrogens is 368 g/mol. The van der Waals surface area contributed by atoms with Crippen LogP contribution in [-0.2, 0) is 4.79 Å². The monoisotopic (exact) mass is 382 g/mol. The molecule has 1 aromatic carbocycles. The zero-order valence-electron chi connectivity index (χ0n) is 14.3. The van der Waals surface area contributed by atoms with Gasteiger partial charge in [0.2, 0.25) is 5.91 Å². The van der Waals surface area contributed by atoms with Crippen molar-refractivity contribution in [2.24, 2.45) is 0 Å². The number of pyridine rings is 1. The van der Waals surface area contributed by atoms with E-state index >= 15 is 0 Å². The summed E-state index contributed by atoms with van der Waals surface area (Å²) >= 11 is 1.18. The molecule has 0 spiro atoms. The first-order valence-electron chi connectivity index (χ1n) is 8.13. The van der Waals surface area contributed by atoms with Crippen LogP contribution in [0.1, 0.15) is 11.3 Å². The van der Waals surface area contributed by atoms with Crippen LogP contribution in [0.15, 0.2) is 33.8 Å². The van der Waals surface area contributed by atoms with Crippen LogP contribution in [-0.4, -0.2) is 35.0 Å². The largest absolute Gasteiger partial charge is 0.486 e. The number of aromatic nitrogens is 2. The van der Waals surface area contributed by atoms with Crippen molar-refractivity contribution in [3.63, 3.8) is 0 Å². The Morgan fingerprint density at radius 2 is 2.04 bits per heavy atom. The van der Waals surface area contributed by atoms with Gasteiger partial charge in [0.05, 0.1) is 16.8 Å².